The van der Waals surface area contributed by atoms with Crippen molar-refractivity contribution >= 4 is 22.8 Å². The summed E-state index contributed by atoms with van der Waals surface area (Å²) in [6, 6.07) is 15.4. The SMILES string of the molecule is CCOC(C)(C)/C=C(/C#N)C(=O)N1CCC[C@@H]1Cn1nc(-c2ccc(Oc3ccccc3)cc2F)c2c(N)ncnc21. The number of nitrogen functional groups attached to an aromatic ring is 1. The Morgan fingerprint density at radius 3 is 2.71 bits per heavy atom. The number of para-hydroxylation sites is 1. The maximum Gasteiger partial charge on any atom is 0.264 e. The van der Waals surface area contributed by atoms with Gasteiger partial charge >= 0.3 is 0 Å². The van der Waals surface area contributed by atoms with Gasteiger partial charge in [-0.1, -0.05) is 18.2 Å². The summed E-state index contributed by atoms with van der Waals surface area (Å²) in [7, 11) is 0. The number of carbonyl (C=O) groups is 1. The summed E-state index contributed by atoms with van der Waals surface area (Å²) in [4.78, 5) is 23.7. The van der Waals surface area contributed by atoms with E-state index in [-0.39, 0.29) is 35.4 Å². The number of hydrogen-bond acceptors (Lipinski definition) is 8. The minimum atomic E-state index is -0.766. The van der Waals surface area contributed by atoms with Gasteiger partial charge in [-0.25, -0.2) is 19.0 Å². The van der Waals surface area contributed by atoms with Crippen LogP contribution in [0.4, 0.5) is 10.2 Å². The van der Waals surface area contributed by atoms with Gasteiger partial charge in [0.1, 0.15) is 46.8 Å². The van der Waals surface area contributed by atoms with Gasteiger partial charge in [0.25, 0.3) is 5.91 Å². The van der Waals surface area contributed by atoms with E-state index in [4.69, 9.17) is 20.3 Å². The summed E-state index contributed by atoms with van der Waals surface area (Å²) in [6.07, 6.45) is 4.37. The van der Waals surface area contributed by atoms with Crippen LogP contribution in [0.25, 0.3) is 22.3 Å². The first-order valence-corrected chi connectivity index (χ1v) is 13.8. The summed E-state index contributed by atoms with van der Waals surface area (Å²) in [5.41, 5.74) is 6.43. The first-order valence-electron chi connectivity index (χ1n) is 13.8. The van der Waals surface area contributed by atoms with Gasteiger partial charge in [-0.15, -0.1) is 0 Å². The Labute approximate surface area is 243 Å². The number of likely N-dealkylation sites (tertiary alicyclic amines) is 1. The Kier molecular flexibility index (Phi) is 8.17. The summed E-state index contributed by atoms with van der Waals surface area (Å²) in [5, 5.41) is 14.9. The molecule has 1 atom stereocenters. The average Bonchev–Trinajstić information content (AvgIpc) is 3.58. The predicted molar refractivity (Wildman–Crippen MR) is 156 cm³/mol. The molecule has 1 aliphatic rings. The van der Waals surface area contributed by atoms with Gasteiger partial charge < -0.3 is 20.1 Å². The van der Waals surface area contributed by atoms with E-state index in [1.54, 1.807) is 39.9 Å². The fourth-order valence-corrected chi connectivity index (χ4v) is 5.27. The van der Waals surface area contributed by atoms with Crippen LogP contribution >= 0.6 is 0 Å². The van der Waals surface area contributed by atoms with E-state index in [1.165, 1.54) is 12.4 Å². The molecule has 10 nitrogen and oxygen atoms in total. The quantitative estimate of drug-likeness (QED) is 0.213. The summed E-state index contributed by atoms with van der Waals surface area (Å²) in [5.74, 6) is 0.181. The molecule has 2 aromatic carbocycles. The molecule has 3 heterocycles. The Morgan fingerprint density at radius 2 is 2.00 bits per heavy atom. The molecule has 1 saturated heterocycles. The molecule has 1 aliphatic heterocycles. The number of hydrogen-bond donors (Lipinski definition) is 1. The van der Waals surface area contributed by atoms with Crippen molar-refractivity contribution in [2.75, 3.05) is 18.9 Å². The number of benzene rings is 2. The lowest BCUT2D eigenvalue weighted by molar-refractivity contribution is -0.127. The number of rotatable bonds is 9. The molecule has 2 N–H and O–H groups in total. The van der Waals surface area contributed by atoms with E-state index in [2.05, 4.69) is 9.97 Å². The van der Waals surface area contributed by atoms with Gasteiger partial charge in [0.05, 0.1) is 23.6 Å². The predicted octanol–water partition coefficient (Wildman–Crippen LogP) is 5.26. The smallest absolute Gasteiger partial charge is 0.264 e. The van der Waals surface area contributed by atoms with Crippen LogP contribution in [-0.2, 0) is 16.1 Å². The molecule has 0 bridgehead atoms. The normalized spacial score (nSPS) is 15.6. The number of amides is 1. The number of ether oxygens (including phenoxy) is 2. The number of nitriles is 1. The first-order chi connectivity index (χ1) is 20.2. The molecule has 2 aromatic heterocycles. The van der Waals surface area contributed by atoms with E-state index in [1.807, 2.05) is 45.0 Å². The Bertz CT molecular complexity index is 1680. The van der Waals surface area contributed by atoms with Crippen molar-refractivity contribution < 1.29 is 18.7 Å². The summed E-state index contributed by atoms with van der Waals surface area (Å²) in [6.45, 7) is 6.71. The zero-order valence-corrected chi connectivity index (χ0v) is 23.7. The molecule has 4 aromatic rings. The fraction of sp³-hybridized carbons (Fsp3) is 0.323. The molecule has 42 heavy (non-hydrogen) atoms. The Hall–Kier alpha value is -4.82. The zero-order chi connectivity index (χ0) is 29.9. The third kappa shape index (κ3) is 5.94. The van der Waals surface area contributed by atoms with Crippen molar-refractivity contribution in [3.8, 4) is 28.8 Å². The highest BCUT2D eigenvalue weighted by atomic mass is 19.1. The van der Waals surface area contributed by atoms with Crippen molar-refractivity contribution in [3.05, 3.63) is 72.3 Å². The van der Waals surface area contributed by atoms with Gasteiger partial charge in [0.2, 0.25) is 0 Å². The molecule has 0 radical (unpaired) electrons. The fourth-order valence-electron chi connectivity index (χ4n) is 5.27. The van der Waals surface area contributed by atoms with Crippen LogP contribution < -0.4 is 10.5 Å². The number of fused-ring (bicyclic) bond motifs is 1. The second-order valence-electron chi connectivity index (χ2n) is 10.5. The van der Waals surface area contributed by atoms with E-state index >= 15 is 4.39 Å². The number of nitrogens with two attached hydrogens (primary N) is 1. The number of aromatic nitrogens is 4. The number of carbonyl (C=O) groups excluding carboxylic acids is 1. The summed E-state index contributed by atoms with van der Waals surface area (Å²) < 4.78 is 28.6. The minimum Gasteiger partial charge on any atom is -0.457 e. The van der Waals surface area contributed by atoms with E-state index in [0.29, 0.717) is 47.8 Å². The van der Waals surface area contributed by atoms with Crippen LogP contribution in [0, 0.1) is 17.1 Å². The van der Waals surface area contributed by atoms with Crippen LogP contribution in [0.1, 0.15) is 33.6 Å². The summed E-state index contributed by atoms with van der Waals surface area (Å²) >= 11 is 0. The topological polar surface area (TPSA) is 132 Å². The number of anilines is 1. The van der Waals surface area contributed by atoms with Gasteiger partial charge in [0.15, 0.2) is 5.65 Å². The largest absolute Gasteiger partial charge is 0.457 e. The number of nitrogens with zero attached hydrogens (tertiary/aromatic N) is 6. The van der Waals surface area contributed by atoms with Crippen LogP contribution in [0.5, 0.6) is 11.5 Å². The van der Waals surface area contributed by atoms with E-state index in [0.717, 1.165) is 6.42 Å². The lowest BCUT2D eigenvalue weighted by atomic mass is 10.0. The molecule has 0 spiro atoms. The van der Waals surface area contributed by atoms with Crippen molar-refractivity contribution in [1.29, 1.82) is 5.26 Å². The first kappa shape index (κ1) is 28.7. The van der Waals surface area contributed by atoms with Crippen molar-refractivity contribution in [1.82, 2.24) is 24.6 Å². The highest BCUT2D eigenvalue weighted by molar-refractivity contribution is 5.99. The third-order valence-corrected chi connectivity index (χ3v) is 7.11. The van der Waals surface area contributed by atoms with Gasteiger partial charge in [-0.05, 0) is 64.0 Å². The third-order valence-electron chi connectivity index (χ3n) is 7.11. The standard InChI is InChI=1S/C31H32FN7O3/c1-4-41-31(2,3)16-20(17-33)30(40)38-14-8-9-21(38)18-39-29-26(28(34)35-19-36-29)27(37-39)24-13-12-23(15-25(24)32)42-22-10-6-5-7-11-22/h5-7,10-13,15-16,19,21H,4,8-9,14,18H2,1-3H3,(H2,34,35,36)/b20-16-/t21-/m1/s1. The minimum absolute atomic E-state index is 0.0258. The van der Waals surface area contributed by atoms with E-state index < -0.39 is 11.4 Å². The van der Waals surface area contributed by atoms with Crippen LogP contribution in [0.3, 0.4) is 0 Å². The van der Waals surface area contributed by atoms with Gasteiger partial charge in [-0.2, -0.15) is 10.4 Å². The highest BCUT2D eigenvalue weighted by Crippen LogP contribution is 2.35. The van der Waals surface area contributed by atoms with Gasteiger partial charge in [-0.3, -0.25) is 4.79 Å². The maximum atomic E-state index is 15.5. The molecular formula is C31H32FN7O3. The lowest BCUT2D eigenvalue weighted by Crippen LogP contribution is -2.39. The second kappa shape index (κ2) is 12.0. The molecule has 0 unspecified atom stereocenters. The Morgan fingerprint density at radius 1 is 1.21 bits per heavy atom. The van der Waals surface area contributed by atoms with Crippen molar-refractivity contribution in [2.45, 2.75) is 51.8 Å². The monoisotopic (exact) mass is 569 g/mol. The van der Waals surface area contributed by atoms with Crippen LogP contribution in [0.15, 0.2) is 66.5 Å². The zero-order valence-electron chi connectivity index (χ0n) is 23.7. The van der Waals surface area contributed by atoms with Crippen molar-refractivity contribution in [2.24, 2.45) is 0 Å². The molecule has 0 aliphatic carbocycles. The molecule has 1 amide bonds. The second-order valence-corrected chi connectivity index (χ2v) is 10.5. The molecule has 1 fully saturated rings. The highest BCUT2D eigenvalue weighted by Gasteiger charge is 2.33. The molecule has 216 valence electrons. The maximum absolute atomic E-state index is 15.5. The molecule has 11 heteroatoms. The van der Waals surface area contributed by atoms with Crippen LogP contribution in [0.2, 0.25) is 0 Å². The number of halogens is 1. The van der Waals surface area contributed by atoms with Crippen molar-refractivity contribution in [3.63, 3.8) is 0 Å². The average molecular weight is 570 g/mol. The molecule has 0 saturated carbocycles. The van der Waals surface area contributed by atoms with E-state index in [9.17, 15) is 10.1 Å². The van der Waals surface area contributed by atoms with Gasteiger partial charge in [0, 0.05) is 24.8 Å². The van der Waals surface area contributed by atoms with Crippen LogP contribution in [-0.4, -0.2) is 55.4 Å². The molecule has 5 rings (SSSR count). The Balaban J connectivity index is 1.45. The molecular weight excluding hydrogens is 537 g/mol. The lowest BCUT2D eigenvalue weighted by Gasteiger charge is -2.26.